The molecule has 1 aromatic carbocycles. The Kier molecular flexibility index (Phi) is 3.63. The van der Waals surface area contributed by atoms with Crippen molar-refractivity contribution >= 4 is 45.8 Å². The first kappa shape index (κ1) is 10.1. The molecule has 0 aliphatic carbocycles. The molecule has 0 spiro atoms. The molecule has 0 aromatic heterocycles. The van der Waals surface area contributed by atoms with Gasteiger partial charge in [-0.1, -0.05) is 29.3 Å². The highest BCUT2D eigenvalue weighted by atomic mass is 127. The lowest BCUT2D eigenvalue weighted by Crippen LogP contribution is -1.88. The van der Waals surface area contributed by atoms with E-state index in [-0.39, 0.29) is 0 Å². The fraction of sp³-hybridized carbons (Fsp3) is 0.125. The van der Waals surface area contributed by atoms with Gasteiger partial charge in [0.15, 0.2) is 0 Å². The van der Waals surface area contributed by atoms with Crippen molar-refractivity contribution in [2.45, 2.75) is 6.42 Å². The molecule has 0 saturated carbocycles. The second-order valence-electron chi connectivity index (χ2n) is 2.17. The number of hydrogen-bond acceptors (Lipinski definition) is 1. The lowest BCUT2D eigenvalue weighted by molar-refractivity contribution is 1.24. The summed E-state index contributed by atoms with van der Waals surface area (Å²) < 4.78 is 0.864. The van der Waals surface area contributed by atoms with E-state index in [9.17, 15) is 0 Å². The van der Waals surface area contributed by atoms with Crippen molar-refractivity contribution in [3.8, 4) is 6.07 Å². The van der Waals surface area contributed by atoms with E-state index < -0.39 is 0 Å². The molecule has 0 amide bonds. The molecule has 0 aliphatic rings. The molecular formula is C8H4Cl2IN. The van der Waals surface area contributed by atoms with Crippen molar-refractivity contribution in [3.63, 3.8) is 0 Å². The predicted molar refractivity (Wildman–Crippen MR) is 58.5 cm³/mol. The first-order valence-corrected chi connectivity index (χ1v) is 4.99. The van der Waals surface area contributed by atoms with Crippen molar-refractivity contribution in [3.05, 3.63) is 31.3 Å². The highest BCUT2D eigenvalue weighted by molar-refractivity contribution is 14.1. The van der Waals surface area contributed by atoms with Crippen LogP contribution in [0.5, 0.6) is 0 Å². The molecule has 0 fully saturated rings. The first-order valence-electron chi connectivity index (χ1n) is 3.16. The Morgan fingerprint density at radius 3 is 2.67 bits per heavy atom. The van der Waals surface area contributed by atoms with E-state index in [0.29, 0.717) is 16.5 Å². The summed E-state index contributed by atoms with van der Waals surface area (Å²) in [5.74, 6) is 0. The fourth-order valence-electron chi connectivity index (χ4n) is 0.788. The van der Waals surface area contributed by atoms with Crippen molar-refractivity contribution in [2.75, 3.05) is 0 Å². The number of halogens is 3. The Morgan fingerprint density at radius 1 is 1.42 bits per heavy atom. The summed E-state index contributed by atoms with van der Waals surface area (Å²) >= 11 is 13.7. The topological polar surface area (TPSA) is 23.8 Å². The summed E-state index contributed by atoms with van der Waals surface area (Å²) in [5.41, 5.74) is 0.924. The summed E-state index contributed by atoms with van der Waals surface area (Å²) in [7, 11) is 0. The van der Waals surface area contributed by atoms with Crippen LogP contribution < -0.4 is 0 Å². The lowest BCUT2D eigenvalue weighted by atomic mass is 10.2. The van der Waals surface area contributed by atoms with E-state index in [0.717, 1.165) is 9.13 Å². The minimum Gasteiger partial charge on any atom is -0.198 e. The third kappa shape index (κ3) is 2.03. The Bertz CT molecular complexity index is 344. The van der Waals surface area contributed by atoms with Crippen LogP contribution in [0, 0.1) is 14.9 Å². The van der Waals surface area contributed by atoms with Crippen molar-refractivity contribution in [1.82, 2.24) is 0 Å². The highest BCUT2D eigenvalue weighted by Gasteiger charge is 2.06. The minimum absolute atomic E-state index is 0.370. The summed E-state index contributed by atoms with van der Waals surface area (Å²) in [6.07, 6.45) is 0.370. The largest absolute Gasteiger partial charge is 0.198 e. The first-order chi connectivity index (χ1) is 5.66. The van der Waals surface area contributed by atoms with Gasteiger partial charge in [-0.05, 0) is 34.2 Å². The molecule has 0 bridgehead atoms. The van der Waals surface area contributed by atoms with E-state index in [1.807, 2.05) is 6.07 Å². The molecule has 0 unspecified atom stereocenters. The number of nitriles is 1. The normalized spacial score (nSPS) is 9.50. The van der Waals surface area contributed by atoms with Crippen molar-refractivity contribution < 1.29 is 0 Å². The maximum absolute atomic E-state index is 8.47. The van der Waals surface area contributed by atoms with Gasteiger partial charge in [-0.3, -0.25) is 0 Å². The zero-order chi connectivity index (χ0) is 9.14. The highest BCUT2D eigenvalue weighted by Crippen LogP contribution is 2.29. The van der Waals surface area contributed by atoms with Crippen LogP contribution in [0.2, 0.25) is 10.0 Å². The van der Waals surface area contributed by atoms with Gasteiger partial charge in [0.05, 0.1) is 22.5 Å². The number of hydrogen-bond donors (Lipinski definition) is 0. The number of rotatable bonds is 1. The summed E-state index contributed by atoms with van der Waals surface area (Å²) in [6.45, 7) is 0. The van der Waals surface area contributed by atoms with Gasteiger partial charge in [0.25, 0.3) is 0 Å². The predicted octanol–water partition coefficient (Wildman–Crippen LogP) is 3.66. The van der Waals surface area contributed by atoms with Crippen molar-refractivity contribution in [2.24, 2.45) is 0 Å². The molecule has 0 aliphatic heterocycles. The monoisotopic (exact) mass is 311 g/mol. The SMILES string of the molecule is N#CCc1ccc(Cl)c(Cl)c1I. The van der Waals surface area contributed by atoms with Gasteiger partial charge in [-0.2, -0.15) is 5.26 Å². The summed E-state index contributed by atoms with van der Waals surface area (Å²) in [5, 5.41) is 9.54. The van der Waals surface area contributed by atoms with Crippen LogP contribution in [0.3, 0.4) is 0 Å². The van der Waals surface area contributed by atoms with Gasteiger partial charge in [0, 0.05) is 3.57 Å². The smallest absolute Gasteiger partial charge is 0.0728 e. The van der Waals surface area contributed by atoms with E-state index in [1.54, 1.807) is 6.07 Å². The molecular weight excluding hydrogens is 308 g/mol. The second kappa shape index (κ2) is 4.31. The average molecular weight is 312 g/mol. The molecule has 1 rings (SSSR count). The molecule has 0 radical (unpaired) electrons. The Morgan fingerprint density at radius 2 is 2.08 bits per heavy atom. The number of benzene rings is 1. The van der Waals surface area contributed by atoms with Gasteiger partial charge in [0.2, 0.25) is 0 Å². The van der Waals surface area contributed by atoms with Gasteiger partial charge in [-0.25, -0.2) is 0 Å². The maximum Gasteiger partial charge on any atom is 0.0728 e. The van der Waals surface area contributed by atoms with E-state index in [1.165, 1.54) is 0 Å². The zero-order valence-corrected chi connectivity index (χ0v) is 9.61. The minimum atomic E-state index is 0.370. The summed E-state index contributed by atoms with van der Waals surface area (Å²) in [4.78, 5) is 0. The van der Waals surface area contributed by atoms with Gasteiger partial charge < -0.3 is 0 Å². The molecule has 1 nitrogen and oxygen atoms in total. The van der Waals surface area contributed by atoms with Crippen LogP contribution in [-0.2, 0) is 6.42 Å². The third-order valence-corrected chi connectivity index (χ3v) is 3.74. The third-order valence-electron chi connectivity index (χ3n) is 1.38. The lowest BCUT2D eigenvalue weighted by Gasteiger charge is -2.02. The van der Waals surface area contributed by atoms with Crippen LogP contribution in [-0.4, -0.2) is 0 Å². The average Bonchev–Trinajstić information content (AvgIpc) is 2.07. The zero-order valence-electron chi connectivity index (χ0n) is 5.94. The summed E-state index contributed by atoms with van der Waals surface area (Å²) in [6, 6.07) is 5.59. The van der Waals surface area contributed by atoms with Crippen LogP contribution in [0.15, 0.2) is 12.1 Å². The molecule has 0 saturated heterocycles. The van der Waals surface area contributed by atoms with Gasteiger partial charge >= 0.3 is 0 Å². The van der Waals surface area contributed by atoms with Crippen LogP contribution in [0.25, 0.3) is 0 Å². The second-order valence-corrected chi connectivity index (χ2v) is 4.03. The quantitative estimate of drug-likeness (QED) is 0.573. The molecule has 4 heteroatoms. The van der Waals surface area contributed by atoms with Crippen LogP contribution in [0.4, 0.5) is 0 Å². The van der Waals surface area contributed by atoms with Gasteiger partial charge in [0.1, 0.15) is 0 Å². The Balaban J connectivity index is 3.19. The Labute approximate surface area is 94.4 Å². The van der Waals surface area contributed by atoms with E-state index in [2.05, 4.69) is 28.7 Å². The molecule has 0 heterocycles. The van der Waals surface area contributed by atoms with E-state index >= 15 is 0 Å². The fourth-order valence-corrected chi connectivity index (χ4v) is 1.95. The van der Waals surface area contributed by atoms with Gasteiger partial charge in [-0.15, -0.1) is 0 Å². The molecule has 1 aromatic rings. The standard InChI is InChI=1S/C8H4Cl2IN/c9-6-2-1-5(3-4-12)8(11)7(6)10/h1-2H,3H2. The van der Waals surface area contributed by atoms with Crippen LogP contribution >= 0.6 is 45.8 Å². The molecule has 0 atom stereocenters. The molecule has 62 valence electrons. The van der Waals surface area contributed by atoms with E-state index in [4.69, 9.17) is 28.5 Å². The number of nitrogens with zero attached hydrogens (tertiary/aromatic N) is 1. The van der Waals surface area contributed by atoms with Crippen molar-refractivity contribution in [1.29, 1.82) is 5.26 Å². The molecule has 0 N–H and O–H groups in total. The Hall–Kier alpha value is 0.0200. The van der Waals surface area contributed by atoms with Crippen LogP contribution in [0.1, 0.15) is 5.56 Å². The molecule has 12 heavy (non-hydrogen) atoms. The maximum atomic E-state index is 8.47.